The van der Waals surface area contributed by atoms with Gasteiger partial charge in [-0.05, 0) is 30.3 Å². The van der Waals surface area contributed by atoms with Crippen LogP contribution in [-0.2, 0) is 17.8 Å². The van der Waals surface area contributed by atoms with Gasteiger partial charge in [-0.15, -0.1) is 0 Å². The summed E-state index contributed by atoms with van der Waals surface area (Å²) in [6.07, 6.45) is 2.43. The van der Waals surface area contributed by atoms with Crippen molar-refractivity contribution in [1.82, 2.24) is 4.98 Å². The van der Waals surface area contributed by atoms with Crippen LogP contribution in [0.1, 0.15) is 32.0 Å². The van der Waals surface area contributed by atoms with Gasteiger partial charge in [0.15, 0.2) is 0 Å². The summed E-state index contributed by atoms with van der Waals surface area (Å²) in [5, 5.41) is 2.78. The first-order valence-corrected chi connectivity index (χ1v) is 6.90. The molecule has 1 aliphatic rings. The second-order valence-corrected chi connectivity index (χ2v) is 5.03. The molecule has 0 saturated heterocycles. The molecular formula is C16H15N3O3. The number of nitrogens with zero attached hydrogens (tertiary/aromatic N) is 1. The lowest BCUT2D eigenvalue weighted by Crippen LogP contribution is -2.16. The van der Waals surface area contributed by atoms with Crippen molar-refractivity contribution < 1.29 is 14.3 Å². The van der Waals surface area contributed by atoms with Crippen molar-refractivity contribution >= 4 is 17.5 Å². The number of nitrogens with two attached hydrogens (primary N) is 1. The molecule has 2 amide bonds. The summed E-state index contributed by atoms with van der Waals surface area (Å²) in [6, 6.07) is 8.04. The van der Waals surface area contributed by atoms with Crippen LogP contribution in [0.3, 0.4) is 0 Å². The first-order valence-electron chi connectivity index (χ1n) is 6.90. The zero-order chi connectivity index (χ0) is 15.5. The third-order valence-electron chi connectivity index (χ3n) is 3.49. The SMILES string of the molecule is NC(=O)c1ccc(C(=O)Nc2cnc3c(c2)COCC3)cc1. The average molecular weight is 297 g/mol. The van der Waals surface area contributed by atoms with Gasteiger partial charge in [-0.3, -0.25) is 14.6 Å². The third-order valence-corrected chi connectivity index (χ3v) is 3.49. The Morgan fingerprint density at radius 1 is 1.18 bits per heavy atom. The van der Waals surface area contributed by atoms with Crippen molar-refractivity contribution in [1.29, 1.82) is 0 Å². The Bertz CT molecular complexity index is 726. The Hall–Kier alpha value is -2.73. The zero-order valence-corrected chi connectivity index (χ0v) is 11.8. The van der Waals surface area contributed by atoms with E-state index in [0.717, 1.165) is 17.7 Å². The Balaban J connectivity index is 1.75. The maximum absolute atomic E-state index is 12.2. The first kappa shape index (κ1) is 14.2. The quantitative estimate of drug-likeness (QED) is 0.897. The van der Waals surface area contributed by atoms with Gasteiger partial charge in [0, 0.05) is 28.8 Å². The number of anilines is 1. The van der Waals surface area contributed by atoms with E-state index >= 15 is 0 Å². The summed E-state index contributed by atoms with van der Waals surface area (Å²) in [4.78, 5) is 27.5. The number of aromatic nitrogens is 1. The summed E-state index contributed by atoms with van der Waals surface area (Å²) in [5.74, 6) is -0.791. The maximum atomic E-state index is 12.2. The molecule has 2 aromatic rings. The van der Waals surface area contributed by atoms with Gasteiger partial charge in [-0.25, -0.2) is 0 Å². The molecule has 112 valence electrons. The number of hydrogen-bond acceptors (Lipinski definition) is 4. The van der Waals surface area contributed by atoms with Crippen LogP contribution in [0.25, 0.3) is 0 Å². The number of hydrogen-bond donors (Lipinski definition) is 2. The van der Waals surface area contributed by atoms with Crippen molar-refractivity contribution in [3.05, 3.63) is 58.9 Å². The highest BCUT2D eigenvalue weighted by molar-refractivity contribution is 6.05. The summed E-state index contributed by atoms with van der Waals surface area (Å²) < 4.78 is 5.38. The number of benzene rings is 1. The zero-order valence-electron chi connectivity index (χ0n) is 11.8. The number of carbonyl (C=O) groups excluding carboxylic acids is 2. The van der Waals surface area contributed by atoms with Gasteiger partial charge < -0.3 is 15.8 Å². The predicted molar refractivity (Wildman–Crippen MR) is 80.5 cm³/mol. The van der Waals surface area contributed by atoms with Crippen LogP contribution >= 0.6 is 0 Å². The largest absolute Gasteiger partial charge is 0.376 e. The molecule has 6 nitrogen and oxygen atoms in total. The normalized spacial score (nSPS) is 13.3. The smallest absolute Gasteiger partial charge is 0.255 e. The van der Waals surface area contributed by atoms with Crippen molar-refractivity contribution in [3.8, 4) is 0 Å². The number of carbonyl (C=O) groups is 2. The molecule has 0 radical (unpaired) electrons. The van der Waals surface area contributed by atoms with Gasteiger partial charge in [-0.2, -0.15) is 0 Å². The molecule has 0 aliphatic carbocycles. The van der Waals surface area contributed by atoms with Crippen molar-refractivity contribution in [3.63, 3.8) is 0 Å². The molecule has 3 N–H and O–H groups in total. The van der Waals surface area contributed by atoms with Crippen LogP contribution in [-0.4, -0.2) is 23.4 Å². The third kappa shape index (κ3) is 2.96. The number of amides is 2. The van der Waals surface area contributed by atoms with Gasteiger partial charge in [0.05, 0.1) is 25.1 Å². The fourth-order valence-corrected chi connectivity index (χ4v) is 2.30. The molecule has 0 spiro atoms. The molecule has 2 heterocycles. The van der Waals surface area contributed by atoms with Crippen molar-refractivity contribution in [2.45, 2.75) is 13.0 Å². The minimum Gasteiger partial charge on any atom is -0.376 e. The van der Waals surface area contributed by atoms with Crippen LogP contribution in [0.5, 0.6) is 0 Å². The van der Waals surface area contributed by atoms with E-state index in [1.54, 1.807) is 18.3 Å². The Morgan fingerprint density at radius 2 is 1.91 bits per heavy atom. The average Bonchev–Trinajstić information content (AvgIpc) is 2.55. The van der Waals surface area contributed by atoms with Gasteiger partial charge >= 0.3 is 0 Å². The van der Waals surface area contributed by atoms with E-state index in [1.807, 2.05) is 6.07 Å². The molecule has 1 aliphatic heterocycles. The number of rotatable bonds is 3. The molecule has 0 atom stereocenters. The van der Waals surface area contributed by atoms with Crippen molar-refractivity contribution in [2.24, 2.45) is 5.73 Å². The van der Waals surface area contributed by atoms with Crippen LogP contribution in [0.15, 0.2) is 36.5 Å². The van der Waals surface area contributed by atoms with E-state index in [4.69, 9.17) is 10.5 Å². The molecule has 22 heavy (non-hydrogen) atoms. The van der Waals surface area contributed by atoms with E-state index in [-0.39, 0.29) is 5.91 Å². The van der Waals surface area contributed by atoms with Crippen molar-refractivity contribution in [2.75, 3.05) is 11.9 Å². The molecule has 0 bridgehead atoms. The molecule has 0 unspecified atom stereocenters. The second kappa shape index (κ2) is 5.95. The maximum Gasteiger partial charge on any atom is 0.255 e. The monoisotopic (exact) mass is 297 g/mol. The number of nitrogens with one attached hydrogen (secondary N) is 1. The molecule has 1 aromatic carbocycles. The summed E-state index contributed by atoms with van der Waals surface area (Å²) >= 11 is 0. The van der Waals surface area contributed by atoms with Crippen LogP contribution in [0.4, 0.5) is 5.69 Å². The van der Waals surface area contributed by atoms with Gasteiger partial charge in [-0.1, -0.05) is 0 Å². The molecule has 0 fully saturated rings. The minimum atomic E-state index is -0.522. The highest BCUT2D eigenvalue weighted by Crippen LogP contribution is 2.19. The molecule has 3 rings (SSSR count). The molecule has 0 saturated carbocycles. The number of ether oxygens (including phenoxy) is 1. The lowest BCUT2D eigenvalue weighted by atomic mass is 10.1. The Kier molecular flexibility index (Phi) is 3.84. The number of primary amides is 1. The lowest BCUT2D eigenvalue weighted by Gasteiger charge is -2.16. The first-order chi connectivity index (χ1) is 10.6. The second-order valence-electron chi connectivity index (χ2n) is 5.03. The number of fused-ring (bicyclic) bond motifs is 1. The molecular weight excluding hydrogens is 282 g/mol. The molecule has 6 heteroatoms. The van der Waals surface area contributed by atoms with Crippen LogP contribution < -0.4 is 11.1 Å². The van der Waals surface area contributed by atoms with Gasteiger partial charge in [0.2, 0.25) is 5.91 Å². The van der Waals surface area contributed by atoms with Gasteiger partial charge in [0.1, 0.15) is 0 Å². The minimum absolute atomic E-state index is 0.269. The number of pyridine rings is 1. The van der Waals surface area contributed by atoms with E-state index in [9.17, 15) is 9.59 Å². The van der Waals surface area contributed by atoms with E-state index in [0.29, 0.717) is 30.0 Å². The highest BCUT2D eigenvalue weighted by atomic mass is 16.5. The topological polar surface area (TPSA) is 94.3 Å². The van der Waals surface area contributed by atoms with Crippen LogP contribution in [0, 0.1) is 0 Å². The molecule has 1 aromatic heterocycles. The summed E-state index contributed by atoms with van der Waals surface area (Å²) in [5.41, 5.74) is 8.60. The Morgan fingerprint density at radius 3 is 2.64 bits per heavy atom. The van der Waals surface area contributed by atoms with E-state index in [1.165, 1.54) is 12.1 Å². The highest BCUT2D eigenvalue weighted by Gasteiger charge is 2.13. The summed E-state index contributed by atoms with van der Waals surface area (Å²) in [6.45, 7) is 1.19. The lowest BCUT2D eigenvalue weighted by molar-refractivity contribution is 0.0995. The van der Waals surface area contributed by atoms with Gasteiger partial charge in [0.25, 0.3) is 5.91 Å². The van der Waals surface area contributed by atoms with Crippen LogP contribution in [0.2, 0.25) is 0 Å². The Labute approximate surface area is 127 Å². The predicted octanol–water partition coefficient (Wildman–Crippen LogP) is 1.51. The summed E-state index contributed by atoms with van der Waals surface area (Å²) in [7, 11) is 0. The standard InChI is InChI=1S/C16H15N3O3/c17-15(20)10-1-3-11(4-2-10)16(21)19-13-7-12-9-22-6-5-14(12)18-8-13/h1-4,7-8H,5-6,9H2,(H2,17,20)(H,19,21). The van der Waals surface area contributed by atoms with E-state index in [2.05, 4.69) is 10.3 Å². The van der Waals surface area contributed by atoms with E-state index < -0.39 is 5.91 Å². The fourth-order valence-electron chi connectivity index (χ4n) is 2.30. The fraction of sp³-hybridized carbons (Fsp3) is 0.188.